The molecular weight excluding hydrogens is 434 g/mol. The number of rotatable bonds is 2. The van der Waals surface area contributed by atoms with Crippen LogP contribution in [0.1, 0.15) is 24.8 Å². The summed E-state index contributed by atoms with van der Waals surface area (Å²) in [7, 11) is 0.0568. The number of fused-ring (bicyclic) bond motifs is 1. The average Bonchev–Trinajstić information content (AvgIpc) is 2.74. The van der Waals surface area contributed by atoms with Crippen molar-refractivity contribution >= 4 is 11.7 Å². The second-order valence-corrected chi connectivity index (χ2v) is 14.2. The maximum atomic E-state index is 13.6. The zero-order valence-corrected chi connectivity index (χ0v) is 14.7. The molecule has 1 fully saturated rings. The molecule has 0 saturated carbocycles. The number of hydrogen-bond donors (Lipinski definition) is 1. The van der Waals surface area contributed by atoms with Crippen molar-refractivity contribution in [1.82, 2.24) is 9.62 Å². The first-order valence-electron chi connectivity index (χ1n) is 6.72. The Labute approximate surface area is 121 Å². The van der Waals surface area contributed by atoms with Gasteiger partial charge in [0, 0.05) is 0 Å². The van der Waals surface area contributed by atoms with E-state index in [9.17, 15) is 4.21 Å². The van der Waals surface area contributed by atoms with Crippen LogP contribution in [-0.2, 0) is 22.7 Å². The molecule has 5 heteroatoms. The monoisotopic (exact) mass is 456 g/mol. The molecule has 2 heterocycles. The zero-order chi connectivity index (χ0) is 13.5. The predicted molar refractivity (Wildman–Crippen MR) is 76.0 cm³/mol. The van der Waals surface area contributed by atoms with Gasteiger partial charge in [0.15, 0.2) is 0 Å². The van der Waals surface area contributed by atoms with Gasteiger partial charge >= 0.3 is 121 Å². The summed E-state index contributed by atoms with van der Waals surface area (Å²) in [6.07, 6.45) is 3.63. The summed E-state index contributed by atoms with van der Waals surface area (Å²) in [5.41, 5.74) is 1.24. The third-order valence-electron chi connectivity index (χ3n) is 3.75. The molecule has 1 saturated heterocycles. The number of piperidine rings is 1. The Hall–Kier alpha value is -0.204. The van der Waals surface area contributed by atoms with Gasteiger partial charge in [0.25, 0.3) is 0 Å². The van der Waals surface area contributed by atoms with Gasteiger partial charge in [-0.25, -0.2) is 0 Å². The van der Waals surface area contributed by atoms with Crippen LogP contribution in [0.5, 0.6) is 0 Å². The van der Waals surface area contributed by atoms with Crippen LogP contribution in [0.15, 0.2) is 29.2 Å². The molecule has 0 radical (unpaired) electrons. The normalized spacial score (nSPS) is 31.5. The van der Waals surface area contributed by atoms with Crippen molar-refractivity contribution in [3.05, 3.63) is 29.8 Å². The molecule has 1 aromatic carbocycles. The molecule has 0 bridgehead atoms. The Morgan fingerprint density at radius 3 is 2.74 bits per heavy atom. The zero-order valence-electron chi connectivity index (χ0n) is 11.3. The number of aryl methyl sites for hydroxylation is 1. The summed E-state index contributed by atoms with van der Waals surface area (Å²) in [5, 5.41) is 3.36. The fraction of sp³-hybridized carbons (Fsp3) is 0.500. The van der Waals surface area contributed by atoms with Gasteiger partial charge in [-0.3, -0.25) is 0 Å². The van der Waals surface area contributed by atoms with Gasteiger partial charge in [-0.2, -0.15) is 0 Å². The van der Waals surface area contributed by atoms with Crippen LogP contribution in [0.25, 0.3) is 0 Å². The Balaban J connectivity index is 2.13. The Morgan fingerprint density at radius 1 is 1.32 bits per heavy atom. The number of benzene rings is 1. The standard InChI is InChI=1S/C14H20N2OS.Os/c1-12-6-8-14(9-7-12)18(17)16-10-4-3-5-13(16)11-15-2;/h6-9,13,15H,3-5,10H2,1-2H3;/t13-,18?;/m0./s1. The minimum absolute atomic E-state index is 0.430. The predicted octanol–water partition coefficient (Wildman–Crippen LogP) is 1.77. The minimum atomic E-state index is -1.94. The fourth-order valence-corrected chi connectivity index (χ4v) is 14.4. The molecule has 106 valence electrons. The van der Waals surface area contributed by atoms with Crippen molar-refractivity contribution in [3.63, 3.8) is 0 Å². The van der Waals surface area contributed by atoms with E-state index in [1.807, 2.05) is 7.05 Å². The van der Waals surface area contributed by atoms with Crippen molar-refractivity contribution in [1.29, 1.82) is 0 Å². The van der Waals surface area contributed by atoms with Crippen LogP contribution in [0.4, 0.5) is 0 Å². The van der Waals surface area contributed by atoms with E-state index < -0.39 is 22.7 Å². The Kier molecular flexibility index (Phi) is 3.84. The summed E-state index contributed by atoms with van der Waals surface area (Å²) in [5.74, 6) is 0. The molecule has 1 unspecified atom stereocenters. The van der Waals surface area contributed by atoms with Crippen molar-refractivity contribution in [2.75, 3.05) is 13.6 Å². The van der Waals surface area contributed by atoms with Crippen LogP contribution in [-0.4, -0.2) is 32.3 Å². The van der Waals surface area contributed by atoms with Gasteiger partial charge in [0.2, 0.25) is 0 Å². The Bertz CT molecular complexity index is 640. The van der Waals surface area contributed by atoms with Gasteiger partial charge in [-0.15, -0.1) is 0 Å². The second kappa shape index (κ2) is 5.29. The number of nitrogens with zero attached hydrogens (tertiary/aromatic N) is 1. The maximum absolute atomic E-state index is 13.6. The topological polar surface area (TPSA) is 32.3 Å². The van der Waals surface area contributed by atoms with Gasteiger partial charge in [0.1, 0.15) is 0 Å². The molecule has 2 aliphatic rings. The molecule has 3 rings (SSSR count). The Morgan fingerprint density at radius 2 is 2.05 bits per heavy atom. The van der Waals surface area contributed by atoms with E-state index in [0.29, 0.717) is 6.04 Å². The quantitative estimate of drug-likeness (QED) is 0.739. The molecule has 0 aromatic heterocycles. The number of hydrogen-bond acceptors (Lipinski definition) is 2. The van der Waals surface area contributed by atoms with Crippen molar-refractivity contribution < 1.29 is 19.4 Å². The van der Waals surface area contributed by atoms with Crippen LogP contribution >= 0.6 is 0 Å². The third-order valence-corrected chi connectivity index (χ3v) is 14.8. The molecule has 0 spiro atoms. The van der Waals surface area contributed by atoms with E-state index in [-0.39, 0.29) is 0 Å². The summed E-state index contributed by atoms with van der Waals surface area (Å²) in [4.78, 5) is 1.06. The number of nitrogens with one attached hydrogen (secondary N) is 1. The van der Waals surface area contributed by atoms with Crippen LogP contribution in [0.2, 0.25) is 0 Å². The summed E-state index contributed by atoms with van der Waals surface area (Å²) >= 11 is -0.753. The van der Waals surface area contributed by atoms with E-state index in [1.165, 1.54) is 29.0 Å². The van der Waals surface area contributed by atoms with Crippen LogP contribution in [0, 0.1) is 6.92 Å². The van der Waals surface area contributed by atoms with Crippen LogP contribution in [0.3, 0.4) is 0 Å². The molecule has 0 amide bonds. The summed E-state index contributed by atoms with van der Waals surface area (Å²) in [6, 6.07) is 8.77. The van der Waals surface area contributed by atoms with Gasteiger partial charge in [-0.05, 0) is 0 Å². The van der Waals surface area contributed by atoms with Crippen molar-refractivity contribution in [2.24, 2.45) is 0 Å². The molecule has 1 aromatic rings. The molecule has 0 aliphatic carbocycles. The van der Waals surface area contributed by atoms with E-state index in [0.717, 1.165) is 11.4 Å². The molecule has 19 heavy (non-hydrogen) atoms. The fourth-order valence-electron chi connectivity index (χ4n) is 2.70. The average molecular weight is 455 g/mol. The van der Waals surface area contributed by atoms with Crippen LogP contribution < -0.4 is 5.32 Å². The van der Waals surface area contributed by atoms with E-state index in [1.54, 1.807) is 0 Å². The van der Waals surface area contributed by atoms with E-state index >= 15 is 0 Å². The number of likely N-dealkylation sites (N-methyl/N-ethyl adjacent to an activating group) is 1. The third kappa shape index (κ3) is 2.32. The first-order valence-corrected chi connectivity index (χ1v) is 12.5. The molecular formula is C14H20N2OOsS. The summed E-state index contributed by atoms with van der Waals surface area (Å²) < 4.78 is 17.3. The first-order chi connectivity index (χ1) is 9.15. The molecule has 1 N–H and O–H groups in total. The van der Waals surface area contributed by atoms with Gasteiger partial charge < -0.3 is 0 Å². The van der Waals surface area contributed by atoms with Gasteiger partial charge in [0.05, 0.1) is 0 Å². The van der Waals surface area contributed by atoms with E-state index in [4.69, 9.17) is 0 Å². The van der Waals surface area contributed by atoms with Crippen molar-refractivity contribution in [2.45, 2.75) is 37.1 Å². The van der Waals surface area contributed by atoms with Crippen molar-refractivity contribution in [3.8, 4) is 0 Å². The molecule has 2 atom stereocenters. The molecule has 2 aliphatic heterocycles. The van der Waals surface area contributed by atoms with Gasteiger partial charge in [-0.1, -0.05) is 0 Å². The molecule has 3 nitrogen and oxygen atoms in total. The van der Waals surface area contributed by atoms with E-state index in [2.05, 4.69) is 40.8 Å². The second-order valence-electron chi connectivity index (χ2n) is 5.07. The SMILES string of the molecule is CN[C]1=[Os]=[S](=O)(c2ccc(C)cc2)N2CCCC[C@@H]12. The summed E-state index contributed by atoms with van der Waals surface area (Å²) in [6.45, 7) is 3.08. The first kappa shape index (κ1) is 13.8.